The van der Waals surface area contributed by atoms with E-state index in [0.29, 0.717) is 11.0 Å². The molecule has 3 heteroatoms. The highest BCUT2D eigenvalue weighted by Gasteiger charge is 2.12. The molecule has 0 bridgehead atoms. The third kappa shape index (κ3) is 12.9. The molecule has 0 aromatic rings. The number of allylic oxidation sites excluding steroid dienone is 2. The number of hydrogen-bond acceptors (Lipinski definition) is 3. The van der Waals surface area contributed by atoms with E-state index in [1.165, 1.54) is 19.3 Å². The van der Waals surface area contributed by atoms with Gasteiger partial charge >= 0.3 is 0 Å². The van der Waals surface area contributed by atoms with Gasteiger partial charge in [0.2, 0.25) is 0 Å². The van der Waals surface area contributed by atoms with Crippen LogP contribution in [0.3, 0.4) is 0 Å². The number of thioether (sulfide) groups is 1. The molecule has 0 aliphatic heterocycles. The van der Waals surface area contributed by atoms with E-state index in [-0.39, 0.29) is 0 Å². The van der Waals surface area contributed by atoms with E-state index < -0.39 is 0 Å². The lowest BCUT2D eigenvalue weighted by Crippen LogP contribution is -2.14. The van der Waals surface area contributed by atoms with Crippen LogP contribution in [0.4, 0.5) is 0 Å². The zero-order valence-corrected chi connectivity index (χ0v) is 17.2. The molecule has 0 aromatic carbocycles. The van der Waals surface area contributed by atoms with E-state index in [4.69, 9.17) is 4.74 Å². The highest BCUT2D eigenvalue weighted by Crippen LogP contribution is 2.24. The van der Waals surface area contributed by atoms with Crippen molar-refractivity contribution in [1.29, 1.82) is 0 Å². The highest BCUT2D eigenvalue weighted by molar-refractivity contribution is 7.99. The van der Waals surface area contributed by atoms with Crippen molar-refractivity contribution < 1.29 is 9.84 Å². The van der Waals surface area contributed by atoms with Crippen LogP contribution in [0, 0.1) is 11.8 Å². The molecule has 0 heterocycles. The summed E-state index contributed by atoms with van der Waals surface area (Å²) in [7, 11) is 0. The lowest BCUT2D eigenvalue weighted by Gasteiger charge is -2.20. The Morgan fingerprint density at radius 2 is 1.78 bits per heavy atom. The molecule has 0 aromatic heterocycles. The van der Waals surface area contributed by atoms with Crippen LogP contribution in [-0.4, -0.2) is 29.3 Å². The van der Waals surface area contributed by atoms with Gasteiger partial charge in [-0.2, -0.15) is 11.8 Å². The van der Waals surface area contributed by atoms with Gasteiger partial charge in [0, 0.05) is 24.9 Å². The Morgan fingerprint density at radius 3 is 2.30 bits per heavy atom. The van der Waals surface area contributed by atoms with Crippen molar-refractivity contribution in [3.05, 3.63) is 11.3 Å². The summed E-state index contributed by atoms with van der Waals surface area (Å²) in [5.74, 6) is 3.15. The third-order valence-corrected chi connectivity index (χ3v) is 5.74. The molecule has 0 rings (SSSR count). The fraction of sp³-hybridized carbons (Fsp3) is 0.900. The van der Waals surface area contributed by atoms with E-state index in [0.717, 1.165) is 55.6 Å². The number of aliphatic hydroxyl groups is 1. The van der Waals surface area contributed by atoms with E-state index >= 15 is 0 Å². The quantitative estimate of drug-likeness (QED) is 0.284. The molecule has 1 N–H and O–H groups in total. The van der Waals surface area contributed by atoms with Crippen LogP contribution in [0.5, 0.6) is 0 Å². The van der Waals surface area contributed by atoms with Gasteiger partial charge in [-0.1, -0.05) is 40.5 Å². The first-order valence-corrected chi connectivity index (χ1v) is 10.5. The van der Waals surface area contributed by atoms with E-state index in [2.05, 4.69) is 39.5 Å². The van der Waals surface area contributed by atoms with Gasteiger partial charge in [-0.3, -0.25) is 0 Å². The van der Waals surface area contributed by atoms with Crippen LogP contribution >= 0.6 is 11.8 Å². The van der Waals surface area contributed by atoms with Gasteiger partial charge in [0.15, 0.2) is 0 Å². The smallest absolute Gasteiger partial charge is 0.0909 e. The van der Waals surface area contributed by atoms with Crippen molar-refractivity contribution in [3.63, 3.8) is 0 Å². The van der Waals surface area contributed by atoms with E-state index in [9.17, 15) is 5.11 Å². The summed E-state index contributed by atoms with van der Waals surface area (Å²) in [4.78, 5) is 0. The molecular weight excluding hydrogens is 304 g/mol. The summed E-state index contributed by atoms with van der Waals surface area (Å²) in [5, 5.41) is 10.4. The highest BCUT2D eigenvalue weighted by atomic mass is 32.2. The topological polar surface area (TPSA) is 29.5 Å². The molecule has 138 valence electrons. The van der Waals surface area contributed by atoms with Gasteiger partial charge in [0.05, 0.1) is 5.76 Å². The Morgan fingerprint density at radius 1 is 1.13 bits per heavy atom. The molecule has 2 nitrogen and oxygen atoms in total. The molecular formula is C20H40O2S. The minimum absolute atomic E-state index is 0.569. The lowest BCUT2D eigenvalue weighted by atomic mass is 10.1. The van der Waals surface area contributed by atoms with Crippen molar-refractivity contribution in [1.82, 2.24) is 0 Å². The maximum absolute atomic E-state index is 9.76. The van der Waals surface area contributed by atoms with E-state index in [1.54, 1.807) is 0 Å². The molecule has 0 aliphatic carbocycles. The first kappa shape index (κ1) is 22.9. The second kappa shape index (κ2) is 14.2. The van der Waals surface area contributed by atoms with Gasteiger partial charge in [-0.05, 0) is 56.3 Å². The lowest BCUT2D eigenvalue weighted by molar-refractivity contribution is 0.0937. The van der Waals surface area contributed by atoms with Crippen LogP contribution in [0.1, 0.15) is 80.1 Å². The molecule has 0 saturated carbocycles. The third-order valence-electron chi connectivity index (χ3n) is 4.32. The number of aliphatic hydroxyl groups excluding tert-OH is 1. The van der Waals surface area contributed by atoms with Crippen LogP contribution in [0.2, 0.25) is 0 Å². The van der Waals surface area contributed by atoms with Crippen LogP contribution in [-0.2, 0) is 4.74 Å². The number of rotatable bonds is 14. The molecule has 0 spiro atoms. The first-order valence-electron chi connectivity index (χ1n) is 9.45. The average Bonchev–Trinajstić information content (AvgIpc) is 2.50. The average molecular weight is 345 g/mol. The largest absolute Gasteiger partial charge is 0.512 e. The summed E-state index contributed by atoms with van der Waals surface area (Å²) in [6.07, 6.45) is 6.72. The van der Waals surface area contributed by atoms with Gasteiger partial charge in [0.25, 0.3) is 0 Å². The van der Waals surface area contributed by atoms with Crippen molar-refractivity contribution in [2.45, 2.75) is 85.3 Å². The van der Waals surface area contributed by atoms with Crippen molar-refractivity contribution in [2.75, 3.05) is 19.0 Å². The number of hydrogen-bond donors (Lipinski definition) is 1. The van der Waals surface area contributed by atoms with Gasteiger partial charge < -0.3 is 9.84 Å². The van der Waals surface area contributed by atoms with Crippen LogP contribution in [0.15, 0.2) is 11.3 Å². The molecule has 0 fully saturated rings. The Balaban J connectivity index is 4.00. The van der Waals surface area contributed by atoms with Crippen molar-refractivity contribution >= 4 is 11.8 Å². The monoisotopic (exact) mass is 344 g/mol. The Hall–Kier alpha value is -0.150. The molecule has 1 atom stereocenters. The minimum atomic E-state index is 0.569. The molecule has 0 radical (unpaired) electrons. The molecule has 0 aliphatic rings. The second-order valence-electron chi connectivity index (χ2n) is 7.22. The van der Waals surface area contributed by atoms with Crippen LogP contribution < -0.4 is 0 Å². The van der Waals surface area contributed by atoms with Crippen molar-refractivity contribution in [2.24, 2.45) is 11.8 Å². The molecule has 23 heavy (non-hydrogen) atoms. The minimum Gasteiger partial charge on any atom is -0.512 e. The maximum atomic E-state index is 9.76. The summed E-state index contributed by atoms with van der Waals surface area (Å²) in [6, 6.07) is 0. The molecule has 0 unspecified atom stereocenters. The van der Waals surface area contributed by atoms with Crippen molar-refractivity contribution in [3.8, 4) is 0 Å². The van der Waals surface area contributed by atoms with E-state index in [1.807, 2.05) is 13.8 Å². The Labute approximate surface area is 149 Å². The normalized spacial score (nSPS) is 12.9. The molecule has 0 amide bonds. The predicted octanol–water partition coefficient (Wildman–Crippen LogP) is 6.61. The zero-order chi connectivity index (χ0) is 17.7. The first-order chi connectivity index (χ1) is 10.9. The SMILES string of the molecule is CCC(CC)COCC[C@H](CC(C)C)SCCCC(O)=C(C)C. The Bertz CT molecular complexity index is 305. The zero-order valence-electron chi connectivity index (χ0n) is 16.4. The second-order valence-corrected chi connectivity index (χ2v) is 8.63. The summed E-state index contributed by atoms with van der Waals surface area (Å²) in [5.41, 5.74) is 1.04. The summed E-state index contributed by atoms with van der Waals surface area (Å²) in [6.45, 7) is 14.8. The van der Waals surface area contributed by atoms with Gasteiger partial charge in [0.1, 0.15) is 0 Å². The maximum Gasteiger partial charge on any atom is 0.0909 e. The summed E-state index contributed by atoms with van der Waals surface area (Å²) < 4.78 is 5.90. The fourth-order valence-electron chi connectivity index (χ4n) is 2.52. The van der Waals surface area contributed by atoms with Gasteiger partial charge in [-0.15, -0.1) is 0 Å². The number of ether oxygens (including phenoxy) is 1. The standard InChI is InChI=1S/C20H40O2S/c1-7-18(8-2)15-22-12-11-19(14-16(3)4)23-13-9-10-20(21)17(5)6/h16,18-19,21H,7-15H2,1-6H3/t19-/m1/s1. The van der Waals surface area contributed by atoms with Crippen LogP contribution in [0.25, 0.3) is 0 Å². The fourth-order valence-corrected chi connectivity index (χ4v) is 3.95. The van der Waals surface area contributed by atoms with Gasteiger partial charge in [-0.25, -0.2) is 0 Å². The Kier molecular flexibility index (Phi) is 14.1. The summed E-state index contributed by atoms with van der Waals surface area (Å²) >= 11 is 2.06. The molecule has 0 saturated heterocycles. The predicted molar refractivity (Wildman–Crippen MR) is 105 cm³/mol.